The number of hydrogen-bond donors (Lipinski definition) is 1. The first-order chi connectivity index (χ1) is 15.0. The SMILES string of the molecule is Cc1ccccc1-c1nnc(SCC(=O)NCc2ccc(-c3ccc(Cl)cc3)o2)n1C. The Morgan fingerprint density at radius 3 is 2.65 bits per heavy atom. The van der Waals surface area contributed by atoms with Crippen LogP contribution < -0.4 is 5.32 Å². The third-order valence-corrected chi connectivity index (χ3v) is 6.08. The number of furan rings is 1. The Morgan fingerprint density at radius 1 is 1.10 bits per heavy atom. The Balaban J connectivity index is 1.31. The third-order valence-electron chi connectivity index (χ3n) is 4.80. The van der Waals surface area contributed by atoms with Crippen LogP contribution in [0.3, 0.4) is 0 Å². The van der Waals surface area contributed by atoms with Crippen molar-refractivity contribution in [2.75, 3.05) is 5.75 Å². The molecule has 0 saturated heterocycles. The summed E-state index contributed by atoms with van der Waals surface area (Å²) >= 11 is 7.27. The van der Waals surface area contributed by atoms with Crippen molar-refractivity contribution < 1.29 is 9.21 Å². The van der Waals surface area contributed by atoms with E-state index in [1.807, 2.05) is 79.2 Å². The van der Waals surface area contributed by atoms with Gasteiger partial charge in [0.25, 0.3) is 0 Å². The predicted molar refractivity (Wildman–Crippen MR) is 123 cm³/mol. The number of aromatic nitrogens is 3. The fourth-order valence-electron chi connectivity index (χ4n) is 3.11. The molecule has 2 aromatic carbocycles. The molecule has 8 heteroatoms. The van der Waals surface area contributed by atoms with Gasteiger partial charge in [-0.25, -0.2) is 0 Å². The lowest BCUT2D eigenvalue weighted by Gasteiger charge is -2.06. The average Bonchev–Trinajstić information content (AvgIpc) is 3.39. The number of amides is 1. The smallest absolute Gasteiger partial charge is 0.230 e. The highest BCUT2D eigenvalue weighted by Crippen LogP contribution is 2.25. The second-order valence-electron chi connectivity index (χ2n) is 7.02. The number of nitrogens with zero attached hydrogens (tertiary/aromatic N) is 3. The van der Waals surface area contributed by atoms with Gasteiger partial charge in [-0.3, -0.25) is 4.79 Å². The Kier molecular flexibility index (Phi) is 6.44. The molecule has 1 amide bonds. The van der Waals surface area contributed by atoms with Gasteiger partial charge in [0.15, 0.2) is 11.0 Å². The lowest BCUT2D eigenvalue weighted by atomic mass is 10.1. The molecule has 0 aliphatic heterocycles. The van der Waals surface area contributed by atoms with E-state index in [0.717, 1.165) is 28.3 Å². The van der Waals surface area contributed by atoms with Crippen molar-refractivity contribution in [1.29, 1.82) is 0 Å². The first-order valence-electron chi connectivity index (χ1n) is 9.71. The molecule has 0 aliphatic carbocycles. The van der Waals surface area contributed by atoms with Crippen LogP contribution in [0.4, 0.5) is 0 Å². The Morgan fingerprint density at radius 2 is 1.87 bits per heavy atom. The molecule has 0 spiro atoms. The van der Waals surface area contributed by atoms with Crippen molar-refractivity contribution in [3.8, 4) is 22.7 Å². The van der Waals surface area contributed by atoms with E-state index in [2.05, 4.69) is 15.5 Å². The lowest BCUT2D eigenvalue weighted by Crippen LogP contribution is -2.24. The Bertz CT molecular complexity index is 1200. The first-order valence-corrected chi connectivity index (χ1v) is 11.1. The van der Waals surface area contributed by atoms with E-state index in [1.54, 1.807) is 0 Å². The van der Waals surface area contributed by atoms with E-state index < -0.39 is 0 Å². The number of halogens is 1. The van der Waals surface area contributed by atoms with E-state index in [0.29, 0.717) is 22.5 Å². The molecule has 2 heterocycles. The van der Waals surface area contributed by atoms with Crippen LogP contribution in [-0.4, -0.2) is 26.4 Å². The molecule has 0 aliphatic rings. The molecule has 4 aromatic rings. The quantitative estimate of drug-likeness (QED) is 0.394. The van der Waals surface area contributed by atoms with Gasteiger partial charge in [-0.05, 0) is 48.9 Å². The number of rotatable bonds is 7. The van der Waals surface area contributed by atoms with Gasteiger partial charge in [-0.2, -0.15) is 0 Å². The number of aryl methyl sites for hydroxylation is 1. The van der Waals surface area contributed by atoms with Gasteiger partial charge in [0.05, 0.1) is 12.3 Å². The maximum Gasteiger partial charge on any atom is 0.230 e. The fraction of sp³-hybridized carbons (Fsp3) is 0.174. The minimum absolute atomic E-state index is 0.102. The molecule has 0 bridgehead atoms. The van der Waals surface area contributed by atoms with Crippen LogP contribution in [-0.2, 0) is 18.4 Å². The molecular formula is C23H21ClN4O2S. The maximum atomic E-state index is 12.3. The van der Waals surface area contributed by atoms with Crippen molar-refractivity contribution in [3.63, 3.8) is 0 Å². The van der Waals surface area contributed by atoms with Crippen LogP contribution in [0.2, 0.25) is 5.02 Å². The van der Waals surface area contributed by atoms with Crippen molar-refractivity contribution in [2.45, 2.75) is 18.6 Å². The highest BCUT2D eigenvalue weighted by Gasteiger charge is 2.14. The number of thioether (sulfide) groups is 1. The molecule has 31 heavy (non-hydrogen) atoms. The number of benzene rings is 2. The zero-order valence-corrected chi connectivity index (χ0v) is 18.7. The van der Waals surface area contributed by atoms with Gasteiger partial charge in [0.2, 0.25) is 5.91 Å². The monoisotopic (exact) mass is 452 g/mol. The molecule has 4 rings (SSSR count). The summed E-state index contributed by atoms with van der Waals surface area (Å²) in [7, 11) is 1.91. The highest BCUT2D eigenvalue weighted by atomic mass is 35.5. The van der Waals surface area contributed by atoms with E-state index in [-0.39, 0.29) is 11.7 Å². The standard InChI is InChI=1S/C23H21ClN4O2S/c1-15-5-3-4-6-19(15)22-26-27-23(28(22)2)31-14-21(29)25-13-18-11-12-20(30-18)16-7-9-17(24)10-8-16/h3-12H,13-14H2,1-2H3,(H,25,29). The average molecular weight is 453 g/mol. The third kappa shape index (κ3) is 5.00. The van der Waals surface area contributed by atoms with Crippen LogP contribution in [0.5, 0.6) is 0 Å². The van der Waals surface area contributed by atoms with Gasteiger partial charge in [-0.1, -0.05) is 47.6 Å². The van der Waals surface area contributed by atoms with E-state index in [1.165, 1.54) is 11.8 Å². The summed E-state index contributed by atoms with van der Waals surface area (Å²) < 4.78 is 7.72. The van der Waals surface area contributed by atoms with Gasteiger partial charge in [-0.15, -0.1) is 10.2 Å². The van der Waals surface area contributed by atoms with Crippen molar-refractivity contribution in [1.82, 2.24) is 20.1 Å². The molecule has 0 unspecified atom stereocenters. The molecule has 1 N–H and O–H groups in total. The summed E-state index contributed by atoms with van der Waals surface area (Å²) in [6.07, 6.45) is 0. The highest BCUT2D eigenvalue weighted by molar-refractivity contribution is 7.99. The maximum absolute atomic E-state index is 12.3. The predicted octanol–water partition coefficient (Wildman–Crippen LogP) is 5.11. The minimum atomic E-state index is -0.102. The van der Waals surface area contributed by atoms with Gasteiger partial charge >= 0.3 is 0 Å². The largest absolute Gasteiger partial charge is 0.459 e. The summed E-state index contributed by atoms with van der Waals surface area (Å²) in [4.78, 5) is 12.3. The van der Waals surface area contributed by atoms with E-state index in [9.17, 15) is 4.79 Å². The summed E-state index contributed by atoms with van der Waals surface area (Å²) in [6, 6.07) is 19.2. The molecule has 2 aromatic heterocycles. The topological polar surface area (TPSA) is 73.0 Å². The van der Waals surface area contributed by atoms with Crippen LogP contribution in [0.1, 0.15) is 11.3 Å². The van der Waals surface area contributed by atoms with Crippen molar-refractivity contribution in [2.24, 2.45) is 7.05 Å². The minimum Gasteiger partial charge on any atom is -0.459 e. The molecule has 0 radical (unpaired) electrons. The summed E-state index contributed by atoms with van der Waals surface area (Å²) in [5.74, 6) is 2.34. The number of carbonyl (C=O) groups is 1. The Hall–Kier alpha value is -3.03. The van der Waals surface area contributed by atoms with Crippen LogP contribution >= 0.6 is 23.4 Å². The first kappa shape index (κ1) is 21.2. The molecule has 158 valence electrons. The normalized spacial score (nSPS) is 10.9. The van der Waals surface area contributed by atoms with E-state index >= 15 is 0 Å². The second-order valence-corrected chi connectivity index (χ2v) is 8.40. The molecule has 6 nitrogen and oxygen atoms in total. The molecule has 0 saturated carbocycles. The lowest BCUT2D eigenvalue weighted by molar-refractivity contribution is -0.118. The number of carbonyl (C=O) groups excluding carboxylic acids is 1. The van der Waals surface area contributed by atoms with Crippen LogP contribution in [0, 0.1) is 6.92 Å². The van der Waals surface area contributed by atoms with Gasteiger partial charge in [0.1, 0.15) is 11.5 Å². The number of nitrogens with one attached hydrogen (secondary N) is 1. The summed E-state index contributed by atoms with van der Waals surface area (Å²) in [5, 5.41) is 12.8. The summed E-state index contributed by atoms with van der Waals surface area (Å²) in [5.41, 5.74) is 3.09. The Labute approximate surface area is 189 Å². The molecular weight excluding hydrogens is 432 g/mol. The zero-order valence-electron chi connectivity index (χ0n) is 17.1. The van der Waals surface area contributed by atoms with Crippen LogP contribution in [0.15, 0.2) is 70.2 Å². The molecule has 0 atom stereocenters. The van der Waals surface area contributed by atoms with E-state index in [4.69, 9.17) is 16.0 Å². The zero-order chi connectivity index (χ0) is 21.8. The second kappa shape index (κ2) is 9.41. The van der Waals surface area contributed by atoms with Gasteiger partial charge in [0, 0.05) is 23.2 Å². The summed E-state index contributed by atoms with van der Waals surface area (Å²) in [6.45, 7) is 2.36. The van der Waals surface area contributed by atoms with Crippen LogP contribution in [0.25, 0.3) is 22.7 Å². The van der Waals surface area contributed by atoms with Crippen molar-refractivity contribution >= 4 is 29.3 Å². The van der Waals surface area contributed by atoms with Gasteiger partial charge < -0.3 is 14.3 Å². The number of hydrogen-bond acceptors (Lipinski definition) is 5. The fourth-order valence-corrected chi connectivity index (χ4v) is 3.97. The molecule has 0 fully saturated rings. The van der Waals surface area contributed by atoms with Crippen molar-refractivity contribution in [3.05, 3.63) is 77.0 Å².